The number of benzene rings is 3. The number of hydrogen-bond donors (Lipinski definition) is 9. The lowest BCUT2D eigenvalue weighted by atomic mass is 9.99. The van der Waals surface area contributed by atoms with E-state index in [1.807, 2.05) is 44.2 Å². The summed E-state index contributed by atoms with van der Waals surface area (Å²) in [5, 5.41) is 33.2. The first-order valence-corrected chi connectivity index (χ1v) is 25.6. The number of amides is 7. The topological polar surface area (TPSA) is 306 Å². The molecule has 0 heterocycles. The molecule has 73 heavy (non-hydrogen) atoms. The van der Waals surface area contributed by atoms with Crippen LogP contribution < -0.4 is 38.1 Å². The Hall–Kier alpha value is -6.95. The van der Waals surface area contributed by atoms with Crippen molar-refractivity contribution in [2.24, 2.45) is 17.4 Å². The van der Waals surface area contributed by atoms with E-state index in [-0.39, 0.29) is 49.7 Å². The molecule has 18 heteroatoms. The first-order chi connectivity index (χ1) is 34.8. The number of aliphatic hydroxyl groups is 1. The van der Waals surface area contributed by atoms with Crippen molar-refractivity contribution >= 4 is 53.1 Å². The van der Waals surface area contributed by atoms with Gasteiger partial charge in [-0.1, -0.05) is 163 Å². The van der Waals surface area contributed by atoms with Crippen LogP contribution in [-0.4, -0.2) is 99.6 Å². The molecule has 0 aromatic heterocycles. The van der Waals surface area contributed by atoms with E-state index in [0.717, 1.165) is 69.8 Å². The fraction of sp³-hybridized carbons (Fsp3) is 0.509. The molecule has 0 aliphatic carbocycles. The summed E-state index contributed by atoms with van der Waals surface area (Å²) in [5.41, 5.74) is 13.2. The molecule has 11 N–H and O–H groups in total. The van der Waals surface area contributed by atoms with Gasteiger partial charge in [-0.05, 0) is 43.2 Å². The molecule has 0 radical (unpaired) electrons. The number of ketones is 1. The largest absolute Gasteiger partial charge is 0.480 e. The van der Waals surface area contributed by atoms with Crippen LogP contribution in [0.25, 0.3) is 0 Å². The molecule has 0 spiro atoms. The van der Waals surface area contributed by atoms with E-state index in [1.165, 1.54) is 6.92 Å². The van der Waals surface area contributed by atoms with Crippen LogP contribution in [0, 0.1) is 5.92 Å². The molecule has 3 aromatic rings. The average molecular weight is 1010 g/mol. The second-order valence-electron chi connectivity index (χ2n) is 19.2. The third-order valence-electron chi connectivity index (χ3n) is 12.3. The van der Waals surface area contributed by atoms with Crippen LogP contribution in [0.3, 0.4) is 0 Å². The highest BCUT2D eigenvalue weighted by molar-refractivity contribution is 6.09. The van der Waals surface area contributed by atoms with Crippen molar-refractivity contribution in [3.63, 3.8) is 0 Å². The number of rotatable bonds is 36. The van der Waals surface area contributed by atoms with E-state index in [9.17, 15) is 53.4 Å². The Bertz CT molecular complexity index is 2240. The van der Waals surface area contributed by atoms with Crippen molar-refractivity contribution < 1.29 is 53.4 Å². The van der Waals surface area contributed by atoms with Crippen molar-refractivity contribution in [2.45, 2.75) is 173 Å². The molecule has 0 saturated heterocycles. The van der Waals surface area contributed by atoms with E-state index in [1.54, 1.807) is 54.6 Å². The molecular weight excluding hydrogens is 935 g/mol. The average Bonchev–Trinajstić information content (AvgIpc) is 3.34. The van der Waals surface area contributed by atoms with Crippen molar-refractivity contribution in [1.82, 2.24) is 26.6 Å². The van der Waals surface area contributed by atoms with E-state index in [0.29, 0.717) is 29.5 Å². The standard InChI is InChI=1S/C55H77N7O11/c1-36(2)32-43(52(69)59-42(51(57)68)33-38-22-16-14-17-23-38)60-54(71)49(37(3)63)62-48(66)27-21-13-11-9-7-5-4-6-8-10-12-20-26-47(65)58-44(35-46(56)64)53(70)61-45(55(72)73)34-39-28-30-41(31-29-39)50(67)40-24-18-15-19-25-40/h14-19,22-25,28-31,36-37,42-45,49,63H,4-13,20-21,26-27,32-35H2,1-3H3,(H2,56,64)(H2,57,68)(H,58,65)(H,59,69)(H,60,71)(H,61,70)(H,62,66)(H,72,73)/t37-,42+,43+,44+,45+,49+/m1/s1. The molecule has 398 valence electrons. The number of nitrogens with two attached hydrogens (primary N) is 2. The third-order valence-corrected chi connectivity index (χ3v) is 12.3. The van der Waals surface area contributed by atoms with Crippen LogP contribution in [0.2, 0.25) is 0 Å². The highest BCUT2D eigenvalue weighted by Crippen LogP contribution is 2.16. The lowest BCUT2D eigenvalue weighted by Gasteiger charge is -2.26. The van der Waals surface area contributed by atoms with Crippen LogP contribution in [0.1, 0.15) is 151 Å². The minimum absolute atomic E-state index is 0.0117. The number of aliphatic hydroxyl groups excluding tert-OH is 1. The number of carbonyl (C=O) groups is 9. The van der Waals surface area contributed by atoms with E-state index in [4.69, 9.17) is 11.5 Å². The Balaban J connectivity index is 1.28. The predicted molar refractivity (Wildman–Crippen MR) is 276 cm³/mol. The number of unbranched alkanes of at least 4 members (excludes halogenated alkanes) is 11. The van der Waals surface area contributed by atoms with E-state index < -0.39 is 84.1 Å². The van der Waals surface area contributed by atoms with Gasteiger partial charge in [-0.15, -0.1) is 0 Å². The highest BCUT2D eigenvalue weighted by Gasteiger charge is 2.32. The maximum Gasteiger partial charge on any atom is 0.326 e. The van der Waals surface area contributed by atoms with Crippen molar-refractivity contribution in [1.29, 1.82) is 0 Å². The van der Waals surface area contributed by atoms with E-state index >= 15 is 0 Å². The molecular formula is C55H77N7O11. The fourth-order valence-electron chi connectivity index (χ4n) is 8.23. The molecule has 0 unspecified atom stereocenters. The summed E-state index contributed by atoms with van der Waals surface area (Å²) in [7, 11) is 0. The van der Waals surface area contributed by atoms with Crippen molar-refractivity contribution in [3.8, 4) is 0 Å². The normalized spacial score (nSPS) is 13.5. The molecule has 6 atom stereocenters. The Morgan fingerprint density at radius 3 is 1.38 bits per heavy atom. The van der Waals surface area contributed by atoms with Gasteiger partial charge in [0.1, 0.15) is 30.2 Å². The Morgan fingerprint density at radius 2 is 0.904 bits per heavy atom. The third kappa shape index (κ3) is 23.9. The van der Waals surface area contributed by atoms with Gasteiger partial charge >= 0.3 is 5.97 Å². The first kappa shape index (κ1) is 60.4. The Morgan fingerprint density at radius 1 is 0.479 bits per heavy atom. The second-order valence-corrected chi connectivity index (χ2v) is 19.2. The number of primary amides is 2. The fourth-order valence-corrected chi connectivity index (χ4v) is 8.23. The van der Waals surface area contributed by atoms with Gasteiger partial charge in [0.15, 0.2) is 5.78 Å². The summed E-state index contributed by atoms with van der Waals surface area (Å²) in [6.45, 7) is 5.14. The van der Waals surface area contributed by atoms with E-state index in [2.05, 4.69) is 26.6 Å². The molecule has 3 rings (SSSR count). The van der Waals surface area contributed by atoms with Crippen molar-refractivity contribution in [3.05, 3.63) is 107 Å². The lowest BCUT2D eigenvalue weighted by molar-refractivity contribution is -0.142. The minimum Gasteiger partial charge on any atom is -0.480 e. The Labute approximate surface area is 429 Å². The summed E-state index contributed by atoms with van der Waals surface area (Å²) in [5.74, 6) is -6.07. The molecule has 7 amide bonds. The zero-order valence-corrected chi connectivity index (χ0v) is 42.6. The molecule has 0 bridgehead atoms. The summed E-state index contributed by atoms with van der Waals surface area (Å²) in [4.78, 5) is 114. The van der Waals surface area contributed by atoms with Crippen LogP contribution in [-0.2, 0) is 51.2 Å². The van der Waals surface area contributed by atoms with Gasteiger partial charge < -0.3 is 48.3 Å². The molecule has 0 saturated carbocycles. The summed E-state index contributed by atoms with van der Waals surface area (Å²) in [6, 6.07) is 18.1. The smallest absolute Gasteiger partial charge is 0.326 e. The predicted octanol–water partition coefficient (Wildman–Crippen LogP) is 4.46. The number of hydrogen-bond acceptors (Lipinski definition) is 10. The van der Waals surface area contributed by atoms with Gasteiger partial charge in [0.05, 0.1) is 12.5 Å². The number of nitrogens with one attached hydrogen (secondary N) is 5. The quantitative estimate of drug-likeness (QED) is 0.0289. The number of carboxylic acid groups (broad SMARTS) is 1. The van der Waals surface area contributed by atoms with Crippen LogP contribution in [0.5, 0.6) is 0 Å². The lowest BCUT2D eigenvalue weighted by Crippen LogP contribution is -2.59. The minimum atomic E-state index is -1.38. The van der Waals surface area contributed by atoms with Crippen LogP contribution in [0.15, 0.2) is 84.9 Å². The maximum absolute atomic E-state index is 13.3. The van der Waals surface area contributed by atoms with Crippen LogP contribution >= 0.6 is 0 Å². The van der Waals surface area contributed by atoms with Gasteiger partial charge in [-0.2, -0.15) is 0 Å². The number of carboxylic acids is 1. The van der Waals surface area contributed by atoms with Gasteiger partial charge in [-0.25, -0.2) is 4.79 Å². The van der Waals surface area contributed by atoms with Crippen molar-refractivity contribution in [2.75, 3.05) is 0 Å². The van der Waals surface area contributed by atoms with Gasteiger partial charge in [-0.3, -0.25) is 38.4 Å². The Kier molecular flexibility index (Phi) is 27.2. The molecule has 0 aliphatic rings. The second kappa shape index (κ2) is 32.9. The van der Waals surface area contributed by atoms with Gasteiger partial charge in [0, 0.05) is 36.8 Å². The maximum atomic E-state index is 13.3. The summed E-state index contributed by atoms with van der Waals surface area (Å²) < 4.78 is 0. The van der Waals surface area contributed by atoms with Gasteiger partial charge in [0.25, 0.3) is 0 Å². The molecule has 0 aliphatic heterocycles. The SMILES string of the molecule is CC(C)C[C@H](NC(=O)[C@@H](NC(=O)CCCCCCCCCCCCCCC(=O)N[C@@H](CC(N)=O)C(=O)N[C@@H](Cc1ccc(C(=O)c2ccccc2)cc1)C(=O)O)[C@@H](C)O)C(=O)N[C@@H](Cc1ccccc1)C(N)=O. The molecule has 3 aromatic carbocycles. The zero-order valence-electron chi connectivity index (χ0n) is 42.6. The zero-order chi connectivity index (χ0) is 53.7. The van der Waals surface area contributed by atoms with Gasteiger partial charge in [0.2, 0.25) is 41.4 Å². The monoisotopic (exact) mass is 1010 g/mol. The molecule has 18 nitrogen and oxygen atoms in total. The molecule has 0 fully saturated rings. The summed E-state index contributed by atoms with van der Waals surface area (Å²) in [6.07, 6.45) is 9.71. The summed E-state index contributed by atoms with van der Waals surface area (Å²) >= 11 is 0. The van der Waals surface area contributed by atoms with Crippen LogP contribution in [0.4, 0.5) is 0 Å². The number of aliphatic carboxylic acids is 1. The highest BCUT2D eigenvalue weighted by atomic mass is 16.4. The number of carbonyl (C=O) groups excluding carboxylic acids is 8. The first-order valence-electron chi connectivity index (χ1n) is 25.6.